The lowest BCUT2D eigenvalue weighted by molar-refractivity contribution is -0.243. The zero-order valence-electron chi connectivity index (χ0n) is 10.4. The number of ether oxygens (including phenoxy) is 2. The van der Waals surface area contributed by atoms with Gasteiger partial charge in [0.05, 0.1) is 18.8 Å². The quantitative estimate of drug-likeness (QED) is 0.608. The van der Waals surface area contributed by atoms with Gasteiger partial charge in [-0.3, -0.25) is 4.79 Å². The van der Waals surface area contributed by atoms with Crippen LogP contribution >= 0.6 is 0 Å². The third-order valence-corrected chi connectivity index (χ3v) is 2.99. The highest BCUT2D eigenvalue weighted by Crippen LogP contribution is 2.27. The van der Waals surface area contributed by atoms with E-state index in [2.05, 4.69) is 5.32 Å². The average Bonchev–Trinajstić information content (AvgIpc) is 2.27. The zero-order chi connectivity index (χ0) is 13.0. The van der Waals surface area contributed by atoms with Crippen LogP contribution in [0.4, 0.5) is 0 Å². The van der Waals surface area contributed by atoms with Crippen LogP contribution in [0.1, 0.15) is 20.8 Å². The summed E-state index contributed by atoms with van der Waals surface area (Å²) in [5.74, 6) is -0.364. The highest BCUT2D eigenvalue weighted by Gasteiger charge is 2.43. The average molecular weight is 247 g/mol. The van der Waals surface area contributed by atoms with Crippen LogP contribution in [0.25, 0.3) is 0 Å². The molecule has 1 rings (SSSR count). The minimum absolute atomic E-state index is 0.111. The second-order valence-electron chi connectivity index (χ2n) is 4.25. The predicted molar refractivity (Wildman–Crippen MR) is 60.1 cm³/mol. The van der Waals surface area contributed by atoms with Gasteiger partial charge in [0.15, 0.2) is 6.29 Å². The Morgan fingerprint density at radius 2 is 2.18 bits per heavy atom. The van der Waals surface area contributed by atoms with Gasteiger partial charge in [0.1, 0.15) is 6.04 Å². The number of aliphatic hydroxyl groups excluding tert-OH is 2. The van der Waals surface area contributed by atoms with Crippen molar-refractivity contribution in [3.8, 4) is 0 Å². The summed E-state index contributed by atoms with van der Waals surface area (Å²) in [4.78, 5) is 11.1. The number of nitrogens with one attached hydrogen (secondary N) is 1. The van der Waals surface area contributed by atoms with Crippen molar-refractivity contribution in [1.82, 2.24) is 5.32 Å². The molecule has 0 saturated carbocycles. The van der Waals surface area contributed by atoms with E-state index in [1.807, 2.05) is 13.8 Å². The van der Waals surface area contributed by atoms with E-state index in [4.69, 9.17) is 14.6 Å². The van der Waals surface area contributed by atoms with Crippen LogP contribution in [0, 0.1) is 5.92 Å². The van der Waals surface area contributed by atoms with Crippen LogP contribution in [0.15, 0.2) is 0 Å². The summed E-state index contributed by atoms with van der Waals surface area (Å²) in [5.41, 5.74) is 0. The molecular weight excluding hydrogens is 226 g/mol. The molecule has 3 N–H and O–H groups in total. The van der Waals surface area contributed by atoms with E-state index in [1.54, 1.807) is 0 Å². The van der Waals surface area contributed by atoms with Gasteiger partial charge < -0.3 is 25.0 Å². The van der Waals surface area contributed by atoms with Gasteiger partial charge in [0.2, 0.25) is 5.91 Å². The number of carbonyl (C=O) groups is 1. The monoisotopic (exact) mass is 247 g/mol. The van der Waals surface area contributed by atoms with Gasteiger partial charge in [0, 0.05) is 19.4 Å². The van der Waals surface area contributed by atoms with Gasteiger partial charge in [-0.25, -0.2) is 0 Å². The van der Waals surface area contributed by atoms with Crippen LogP contribution < -0.4 is 5.32 Å². The Labute approximate surface area is 101 Å². The van der Waals surface area contributed by atoms with Gasteiger partial charge in [-0.15, -0.1) is 0 Å². The second-order valence-corrected chi connectivity index (χ2v) is 4.25. The molecule has 1 heterocycles. The van der Waals surface area contributed by atoms with Crippen LogP contribution in [-0.2, 0) is 14.3 Å². The molecule has 5 atom stereocenters. The largest absolute Gasteiger partial charge is 0.394 e. The molecule has 1 amide bonds. The SMILES string of the molecule is CCO[C@@H]1C(NC(C)=O)C(O)OC(CO)[C@@H]1C. The molecule has 3 unspecified atom stereocenters. The van der Waals surface area contributed by atoms with E-state index in [1.165, 1.54) is 6.92 Å². The van der Waals surface area contributed by atoms with Crippen molar-refractivity contribution in [3.63, 3.8) is 0 Å². The standard InChI is InChI=1S/C11H21NO5/c1-4-16-10-6(2)8(5-13)17-11(15)9(10)12-7(3)14/h6,8-11,13,15H,4-5H2,1-3H3,(H,12,14)/t6-,8?,9?,10-,11?/m0/s1. The molecule has 6 heteroatoms. The number of hydrogen-bond donors (Lipinski definition) is 3. The molecule has 1 aliphatic rings. The van der Waals surface area contributed by atoms with E-state index in [-0.39, 0.29) is 24.5 Å². The molecule has 17 heavy (non-hydrogen) atoms. The molecule has 1 saturated heterocycles. The first-order valence-corrected chi connectivity index (χ1v) is 5.84. The summed E-state index contributed by atoms with van der Waals surface area (Å²) < 4.78 is 10.8. The fourth-order valence-corrected chi connectivity index (χ4v) is 2.13. The molecule has 0 radical (unpaired) electrons. The van der Waals surface area contributed by atoms with Crippen molar-refractivity contribution in [2.24, 2.45) is 5.92 Å². The minimum Gasteiger partial charge on any atom is -0.394 e. The maximum Gasteiger partial charge on any atom is 0.217 e. The van der Waals surface area contributed by atoms with Crippen molar-refractivity contribution in [2.45, 2.75) is 45.3 Å². The molecule has 6 nitrogen and oxygen atoms in total. The summed E-state index contributed by atoms with van der Waals surface area (Å²) >= 11 is 0. The van der Waals surface area contributed by atoms with Crippen LogP contribution in [-0.4, -0.2) is 53.9 Å². The highest BCUT2D eigenvalue weighted by atomic mass is 16.6. The fraction of sp³-hybridized carbons (Fsp3) is 0.909. The van der Waals surface area contributed by atoms with E-state index >= 15 is 0 Å². The number of carbonyl (C=O) groups excluding carboxylic acids is 1. The molecule has 1 aliphatic heterocycles. The molecule has 0 aliphatic carbocycles. The first kappa shape index (κ1) is 14.4. The van der Waals surface area contributed by atoms with Gasteiger partial charge in [-0.1, -0.05) is 6.92 Å². The normalized spacial score (nSPS) is 37.8. The molecule has 0 aromatic carbocycles. The maximum absolute atomic E-state index is 11.1. The Bertz CT molecular complexity index is 260. The Hall–Kier alpha value is -0.690. The number of rotatable bonds is 4. The smallest absolute Gasteiger partial charge is 0.217 e. The van der Waals surface area contributed by atoms with Gasteiger partial charge in [0.25, 0.3) is 0 Å². The summed E-state index contributed by atoms with van der Waals surface area (Å²) in [6.45, 7) is 5.36. The van der Waals surface area contributed by atoms with E-state index < -0.39 is 18.4 Å². The Kier molecular flexibility index (Phi) is 5.32. The second kappa shape index (κ2) is 6.30. The highest BCUT2D eigenvalue weighted by molar-refractivity contribution is 5.73. The van der Waals surface area contributed by atoms with Gasteiger partial charge >= 0.3 is 0 Å². The van der Waals surface area contributed by atoms with Gasteiger partial charge in [-0.2, -0.15) is 0 Å². The van der Waals surface area contributed by atoms with E-state index in [0.717, 1.165) is 0 Å². The van der Waals surface area contributed by atoms with E-state index in [9.17, 15) is 9.90 Å². The number of hydrogen-bond acceptors (Lipinski definition) is 5. The van der Waals surface area contributed by atoms with Crippen LogP contribution in [0.2, 0.25) is 0 Å². The Balaban J connectivity index is 2.81. The summed E-state index contributed by atoms with van der Waals surface area (Å²) in [5, 5.41) is 21.6. The molecule has 0 aromatic rings. The first-order chi connectivity index (χ1) is 8.01. The van der Waals surface area contributed by atoms with Crippen molar-refractivity contribution in [2.75, 3.05) is 13.2 Å². The summed E-state index contributed by atoms with van der Waals surface area (Å²) in [6.07, 6.45) is -2.01. The third-order valence-electron chi connectivity index (χ3n) is 2.99. The zero-order valence-corrected chi connectivity index (χ0v) is 10.4. The third kappa shape index (κ3) is 3.38. The molecule has 0 bridgehead atoms. The summed E-state index contributed by atoms with van der Waals surface area (Å²) in [7, 11) is 0. The van der Waals surface area contributed by atoms with Crippen molar-refractivity contribution >= 4 is 5.91 Å². The van der Waals surface area contributed by atoms with Crippen molar-refractivity contribution in [1.29, 1.82) is 0 Å². The molecule has 1 fully saturated rings. The molecule has 100 valence electrons. The van der Waals surface area contributed by atoms with Gasteiger partial charge in [-0.05, 0) is 6.92 Å². The molecular formula is C11H21NO5. The lowest BCUT2D eigenvalue weighted by Gasteiger charge is -2.43. The fourth-order valence-electron chi connectivity index (χ4n) is 2.13. The number of amides is 1. The lowest BCUT2D eigenvalue weighted by atomic mass is 9.89. The predicted octanol–water partition coefficient (Wildman–Crippen LogP) is -0.758. The molecule has 0 aromatic heterocycles. The maximum atomic E-state index is 11.1. The Morgan fingerprint density at radius 1 is 1.53 bits per heavy atom. The number of aliphatic hydroxyl groups is 2. The topological polar surface area (TPSA) is 88.0 Å². The van der Waals surface area contributed by atoms with Crippen molar-refractivity contribution in [3.05, 3.63) is 0 Å². The van der Waals surface area contributed by atoms with Crippen LogP contribution in [0.3, 0.4) is 0 Å². The van der Waals surface area contributed by atoms with E-state index in [0.29, 0.717) is 6.61 Å². The first-order valence-electron chi connectivity index (χ1n) is 5.84. The van der Waals surface area contributed by atoms with Crippen molar-refractivity contribution < 1.29 is 24.5 Å². The molecule has 0 spiro atoms. The minimum atomic E-state index is -1.16. The lowest BCUT2D eigenvalue weighted by Crippen LogP contribution is -2.61. The van der Waals surface area contributed by atoms with Crippen LogP contribution in [0.5, 0.6) is 0 Å². The Morgan fingerprint density at radius 3 is 2.65 bits per heavy atom. The summed E-state index contributed by atoms with van der Waals surface area (Å²) in [6, 6.07) is -0.606.